The first-order valence-corrected chi connectivity index (χ1v) is 7.42. The second kappa shape index (κ2) is 6.85. The third kappa shape index (κ3) is 3.81. The van der Waals surface area contributed by atoms with Crippen molar-refractivity contribution in [2.75, 3.05) is 0 Å². The van der Waals surface area contributed by atoms with Gasteiger partial charge in [0.05, 0.1) is 0 Å². The minimum Gasteiger partial charge on any atom is -0.480 e. The van der Waals surface area contributed by atoms with E-state index in [4.69, 9.17) is 5.11 Å². The van der Waals surface area contributed by atoms with Crippen LogP contribution in [0.1, 0.15) is 44.1 Å². The summed E-state index contributed by atoms with van der Waals surface area (Å²) in [4.78, 5) is 23.2. The van der Waals surface area contributed by atoms with E-state index in [-0.39, 0.29) is 11.5 Å². The molecule has 1 amide bonds. The van der Waals surface area contributed by atoms with Crippen LogP contribution in [-0.4, -0.2) is 23.0 Å². The lowest BCUT2D eigenvalue weighted by atomic mass is 10.1. The molecule has 0 heterocycles. The Balaban J connectivity index is 1.97. The third-order valence-corrected chi connectivity index (χ3v) is 3.95. The molecule has 4 nitrogen and oxygen atoms in total. The lowest BCUT2D eigenvalue weighted by Crippen LogP contribution is -2.41. The largest absolute Gasteiger partial charge is 0.480 e. The molecule has 0 bridgehead atoms. The van der Waals surface area contributed by atoms with Gasteiger partial charge in [0.15, 0.2) is 0 Å². The summed E-state index contributed by atoms with van der Waals surface area (Å²) in [6, 6.07) is 2.24. The number of hydrogen-bond acceptors (Lipinski definition) is 2. The Bertz CT molecular complexity index is 577. The smallest absolute Gasteiger partial charge is 0.326 e. The molecule has 1 saturated carbocycles. The van der Waals surface area contributed by atoms with Gasteiger partial charge in [-0.3, -0.25) is 4.79 Å². The first-order chi connectivity index (χ1) is 10.4. The number of carboxylic acids is 1. The van der Waals surface area contributed by atoms with Crippen LogP contribution < -0.4 is 5.32 Å². The van der Waals surface area contributed by atoms with Gasteiger partial charge in [0, 0.05) is 5.92 Å². The number of amides is 1. The maximum atomic E-state index is 13.7. The molecule has 1 aromatic rings. The van der Waals surface area contributed by atoms with Gasteiger partial charge >= 0.3 is 5.97 Å². The molecule has 0 aromatic heterocycles. The fourth-order valence-electron chi connectivity index (χ4n) is 2.57. The predicted octanol–water partition coefficient (Wildman–Crippen LogP) is 2.83. The van der Waals surface area contributed by atoms with Crippen molar-refractivity contribution in [3.8, 4) is 0 Å². The van der Waals surface area contributed by atoms with Gasteiger partial charge in [0.1, 0.15) is 17.7 Å². The van der Waals surface area contributed by atoms with Crippen LogP contribution in [0.4, 0.5) is 8.78 Å². The molecule has 22 heavy (non-hydrogen) atoms. The molecule has 1 fully saturated rings. The highest BCUT2D eigenvalue weighted by Gasteiger charge is 2.46. The Morgan fingerprint density at radius 3 is 2.77 bits per heavy atom. The van der Waals surface area contributed by atoms with Gasteiger partial charge in [-0.15, -0.1) is 0 Å². The van der Waals surface area contributed by atoms with Gasteiger partial charge in [-0.25, -0.2) is 13.6 Å². The highest BCUT2D eigenvalue weighted by Crippen LogP contribution is 2.48. The van der Waals surface area contributed by atoms with Crippen LogP contribution in [0.5, 0.6) is 0 Å². The number of halogens is 2. The normalized spacial score (nSPS) is 21.2. The molecule has 0 aliphatic heterocycles. The minimum absolute atomic E-state index is 0.181. The van der Waals surface area contributed by atoms with E-state index >= 15 is 0 Å². The van der Waals surface area contributed by atoms with E-state index in [1.807, 2.05) is 6.92 Å². The van der Waals surface area contributed by atoms with Gasteiger partial charge in [-0.1, -0.05) is 19.8 Å². The molecule has 3 atom stereocenters. The molecule has 1 aromatic carbocycles. The zero-order chi connectivity index (χ0) is 16.3. The number of carbonyl (C=O) groups excluding carboxylic acids is 1. The summed E-state index contributed by atoms with van der Waals surface area (Å²) in [5.74, 6) is -3.43. The number of carbonyl (C=O) groups is 2. The summed E-state index contributed by atoms with van der Waals surface area (Å²) >= 11 is 0. The quantitative estimate of drug-likeness (QED) is 0.814. The number of benzene rings is 1. The van der Waals surface area contributed by atoms with E-state index in [2.05, 4.69) is 5.32 Å². The van der Waals surface area contributed by atoms with Crippen LogP contribution >= 0.6 is 0 Å². The number of unbranched alkanes of at least 4 members (excludes halogenated alkanes) is 1. The molecular formula is C16H19F2NO3. The molecular weight excluding hydrogens is 292 g/mol. The van der Waals surface area contributed by atoms with E-state index < -0.39 is 35.5 Å². The van der Waals surface area contributed by atoms with Crippen molar-refractivity contribution in [1.29, 1.82) is 0 Å². The van der Waals surface area contributed by atoms with Gasteiger partial charge < -0.3 is 10.4 Å². The summed E-state index contributed by atoms with van der Waals surface area (Å²) in [5, 5.41) is 11.6. The molecule has 0 saturated heterocycles. The van der Waals surface area contributed by atoms with Gasteiger partial charge in [0.25, 0.3) is 0 Å². The van der Waals surface area contributed by atoms with E-state index in [1.165, 1.54) is 0 Å². The summed E-state index contributed by atoms with van der Waals surface area (Å²) in [6.45, 7) is 1.93. The average Bonchev–Trinajstić information content (AvgIpc) is 3.25. The molecule has 6 heteroatoms. The van der Waals surface area contributed by atoms with Crippen LogP contribution in [0, 0.1) is 17.6 Å². The standard InChI is InChI=1S/C16H19F2NO3/c1-2-3-4-14(16(21)22)19-15(20)12-8-10(12)11-7-9(17)5-6-13(11)18/h5-7,10,12,14H,2-4,8H2,1H3,(H,19,20)(H,21,22). The highest BCUT2D eigenvalue weighted by atomic mass is 19.1. The summed E-state index contributed by atoms with van der Waals surface area (Å²) in [6.07, 6.45) is 2.31. The molecule has 3 unspecified atom stereocenters. The Hall–Kier alpha value is -1.98. The van der Waals surface area contributed by atoms with Crippen LogP contribution in [0.15, 0.2) is 18.2 Å². The Morgan fingerprint density at radius 1 is 1.41 bits per heavy atom. The topological polar surface area (TPSA) is 66.4 Å². The number of hydrogen-bond donors (Lipinski definition) is 2. The highest BCUT2D eigenvalue weighted by molar-refractivity contribution is 5.87. The van der Waals surface area contributed by atoms with Crippen molar-refractivity contribution < 1.29 is 23.5 Å². The number of nitrogens with one attached hydrogen (secondary N) is 1. The molecule has 2 N–H and O–H groups in total. The second-order valence-electron chi connectivity index (χ2n) is 5.66. The number of carboxylic acid groups (broad SMARTS) is 1. The van der Waals surface area contributed by atoms with Crippen LogP contribution in [-0.2, 0) is 9.59 Å². The zero-order valence-electron chi connectivity index (χ0n) is 12.3. The van der Waals surface area contributed by atoms with Gasteiger partial charge in [-0.05, 0) is 42.5 Å². The minimum atomic E-state index is -1.07. The lowest BCUT2D eigenvalue weighted by molar-refractivity contribution is -0.142. The first kappa shape index (κ1) is 16.4. The van der Waals surface area contributed by atoms with E-state index in [0.29, 0.717) is 19.3 Å². The van der Waals surface area contributed by atoms with Gasteiger partial charge in [-0.2, -0.15) is 0 Å². The van der Waals surface area contributed by atoms with Crippen molar-refractivity contribution in [1.82, 2.24) is 5.32 Å². The van der Waals surface area contributed by atoms with Crippen molar-refractivity contribution >= 4 is 11.9 Å². The summed E-state index contributed by atoms with van der Waals surface area (Å²) in [7, 11) is 0. The maximum Gasteiger partial charge on any atom is 0.326 e. The molecule has 120 valence electrons. The summed E-state index contributed by atoms with van der Waals surface area (Å²) < 4.78 is 26.8. The van der Waals surface area contributed by atoms with Crippen molar-refractivity contribution in [2.24, 2.45) is 5.92 Å². The van der Waals surface area contributed by atoms with Crippen LogP contribution in [0.2, 0.25) is 0 Å². The van der Waals surface area contributed by atoms with Crippen molar-refractivity contribution in [3.05, 3.63) is 35.4 Å². The Kier molecular flexibility index (Phi) is 5.11. The molecule has 0 spiro atoms. The van der Waals surface area contributed by atoms with Gasteiger partial charge in [0.2, 0.25) is 5.91 Å². The average molecular weight is 311 g/mol. The fourth-order valence-corrected chi connectivity index (χ4v) is 2.57. The lowest BCUT2D eigenvalue weighted by Gasteiger charge is -2.14. The molecule has 0 radical (unpaired) electrons. The van der Waals surface area contributed by atoms with Crippen molar-refractivity contribution in [2.45, 2.75) is 44.6 Å². The molecule has 2 rings (SSSR count). The first-order valence-electron chi connectivity index (χ1n) is 7.42. The van der Waals surface area contributed by atoms with Crippen LogP contribution in [0.25, 0.3) is 0 Å². The van der Waals surface area contributed by atoms with E-state index in [9.17, 15) is 18.4 Å². The van der Waals surface area contributed by atoms with Crippen molar-refractivity contribution in [3.63, 3.8) is 0 Å². The second-order valence-corrected chi connectivity index (χ2v) is 5.66. The SMILES string of the molecule is CCCCC(NC(=O)C1CC1c1cc(F)ccc1F)C(=O)O. The third-order valence-electron chi connectivity index (χ3n) is 3.95. The summed E-state index contributed by atoms with van der Waals surface area (Å²) in [5.41, 5.74) is 0.181. The fraction of sp³-hybridized carbons (Fsp3) is 0.500. The predicted molar refractivity (Wildman–Crippen MR) is 76.3 cm³/mol. The number of rotatable bonds is 7. The molecule has 1 aliphatic rings. The monoisotopic (exact) mass is 311 g/mol. The van der Waals surface area contributed by atoms with E-state index in [0.717, 1.165) is 24.6 Å². The Labute approximate surface area is 127 Å². The zero-order valence-corrected chi connectivity index (χ0v) is 12.3. The molecule has 1 aliphatic carbocycles. The maximum absolute atomic E-state index is 13.7. The van der Waals surface area contributed by atoms with E-state index in [1.54, 1.807) is 0 Å². The Morgan fingerprint density at radius 2 is 2.14 bits per heavy atom. The number of aliphatic carboxylic acids is 1. The van der Waals surface area contributed by atoms with Crippen LogP contribution in [0.3, 0.4) is 0 Å².